The van der Waals surface area contributed by atoms with E-state index in [0.29, 0.717) is 23.8 Å². The van der Waals surface area contributed by atoms with E-state index in [2.05, 4.69) is 29.8 Å². The second-order valence-electron chi connectivity index (χ2n) is 4.18. The summed E-state index contributed by atoms with van der Waals surface area (Å²) < 4.78 is 6.47. The average Bonchev–Trinajstić information content (AvgIpc) is 2.25. The van der Waals surface area contributed by atoms with Crippen molar-refractivity contribution in [3.05, 3.63) is 28.2 Å². The molecule has 0 saturated carbocycles. The summed E-state index contributed by atoms with van der Waals surface area (Å²) in [5.41, 5.74) is 0.596. The van der Waals surface area contributed by atoms with E-state index >= 15 is 0 Å². The van der Waals surface area contributed by atoms with Gasteiger partial charge in [-0.2, -0.15) is 0 Å². The smallest absolute Gasteiger partial charge is 0.153 e. The van der Waals surface area contributed by atoms with Gasteiger partial charge < -0.3 is 4.74 Å². The second-order valence-corrected chi connectivity index (χ2v) is 5.10. The van der Waals surface area contributed by atoms with Gasteiger partial charge in [-0.1, -0.05) is 29.8 Å². The van der Waals surface area contributed by atoms with E-state index in [9.17, 15) is 4.79 Å². The van der Waals surface area contributed by atoms with Crippen LogP contribution in [-0.4, -0.2) is 12.9 Å². The Bertz CT molecular complexity index is 348. The molecular weight excluding hydrogens is 268 g/mol. The molecule has 0 fully saturated rings. The zero-order chi connectivity index (χ0) is 12.0. The lowest BCUT2D eigenvalue weighted by Crippen LogP contribution is -2.01. The van der Waals surface area contributed by atoms with Gasteiger partial charge >= 0.3 is 0 Å². The van der Waals surface area contributed by atoms with Gasteiger partial charge in [-0.25, -0.2) is 0 Å². The molecule has 3 heteroatoms. The highest BCUT2D eigenvalue weighted by atomic mass is 79.9. The maximum atomic E-state index is 10.8. The lowest BCUT2D eigenvalue weighted by atomic mass is 10.1. The van der Waals surface area contributed by atoms with Crippen molar-refractivity contribution in [3.63, 3.8) is 0 Å². The van der Waals surface area contributed by atoms with Crippen LogP contribution in [0.2, 0.25) is 0 Å². The van der Waals surface area contributed by atoms with Crippen LogP contribution in [0.5, 0.6) is 5.75 Å². The van der Waals surface area contributed by atoms with Gasteiger partial charge in [-0.3, -0.25) is 4.79 Å². The number of benzene rings is 1. The van der Waals surface area contributed by atoms with E-state index in [1.54, 1.807) is 6.07 Å². The fraction of sp³-hybridized carbons (Fsp3) is 0.462. The topological polar surface area (TPSA) is 26.3 Å². The largest absolute Gasteiger partial charge is 0.493 e. The Hall–Kier alpha value is -0.830. The molecule has 0 aromatic heterocycles. The third kappa shape index (κ3) is 4.35. The summed E-state index contributed by atoms with van der Waals surface area (Å²) in [5, 5.41) is 0. The molecule has 0 radical (unpaired) electrons. The molecule has 1 aromatic rings. The van der Waals surface area contributed by atoms with Gasteiger partial charge in [0.2, 0.25) is 0 Å². The molecule has 0 aliphatic heterocycles. The first-order chi connectivity index (χ1) is 7.63. The summed E-state index contributed by atoms with van der Waals surface area (Å²) in [4.78, 5) is 10.8. The maximum Gasteiger partial charge on any atom is 0.153 e. The standard InChI is InChI=1S/C13H17BrO2/c1-10(2)4-3-7-16-13-6-5-12(14)8-11(13)9-15/h5-6,8-10H,3-4,7H2,1-2H3. The Labute approximate surface area is 105 Å². The zero-order valence-corrected chi connectivity index (χ0v) is 11.3. The van der Waals surface area contributed by atoms with Crippen LogP contribution in [0.25, 0.3) is 0 Å². The monoisotopic (exact) mass is 284 g/mol. The molecule has 0 unspecified atom stereocenters. The summed E-state index contributed by atoms with van der Waals surface area (Å²) in [5.74, 6) is 1.36. The molecule has 0 spiro atoms. The predicted molar refractivity (Wildman–Crippen MR) is 69.1 cm³/mol. The molecule has 0 atom stereocenters. The summed E-state index contributed by atoms with van der Waals surface area (Å²) >= 11 is 3.32. The van der Waals surface area contributed by atoms with Crippen molar-refractivity contribution < 1.29 is 9.53 Å². The van der Waals surface area contributed by atoms with Crippen LogP contribution in [0, 0.1) is 5.92 Å². The van der Waals surface area contributed by atoms with Crippen LogP contribution in [-0.2, 0) is 0 Å². The van der Waals surface area contributed by atoms with E-state index in [1.165, 1.54) is 0 Å². The maximum absolute atomic E-state index is 10.8. The van der Waals surface area contributed by atoms with Crippen molar-refractivity contribution >= 4 is 22.2 Å². The third-order valence-electron chi connectivity index (χ3n) is 2.28. The van der Waals surface area contributed by atoms with Crippen LogP contribution in [0.4, 0.5) is 0 Å². The Kier molecular flexibility index (Phi) is 5.53. The van der Waals surface area contributed by atoms with Gasteiger partial charge in [-0.05, 0) is 37.0 Å². The van der Waals surface area contributed by atoms with E-state index in [-0.39, 0.29) is 0 Å². The molecule has 0 bridgehead atoms. The van der Waals surface area contributed by atoms with Crippen molar-refractivity contribution in [3.8, 4) is 5.75 Å². The molecule has 0 aliphatic rings. The fourth-order valence-corrected chi connectivity index (χ4v) is 1.80. The summed E-state index contributed by atoms with van der Waals surface area (Å²) in [6, 6.07) is 5.47. The number of hydrogen-bond donors (Lipinski definition) is 0. The van der Waals surface area contributed by atoms with Gasteiger partial charge in [-0.15, -0.1) is 0 Å². The average molecular weight is 285 g/mol. The van der Waals surface area contributed by atoms with E-state index in [1.807, 2.05) is 12.1 Å². The van der Waals surface area contributed by atoms with Gasteiger partial charge in [0.15, 0.2) is 6.29 Å². The lowest BCUT2D eigenvalue weighted by Gasteiger charge is -2.09. The summed E-state index contributed by atoms with van der Waals surface area (Å²) in [6.07, 6.45) is 2.99. The van der Waals surface area contributed by atoms with Crippen molar-refractivity contribution in [1.82, 2.24) is 0 Å². The first-order valence-corrected chi connectivity index (χ1v) is 6.30. The van der Waals surface area contributed by atoms with Gasteiger partial charge in [0.1, 0.15) is 5.75 Å². The Balaban J connectivity index is 2.50. The molecule has 0 N–H and O–H groups in total. The first-order valence-electron chi connectivity index (χ1n) is 5.51. The van der Waals surface area contributed by atoms with Crippen LogP contribution >= 0.6 is 15.9 Å². The van der Waals surface area contributed by atoms with E-state index in [4.69, 9.17) is 4.74 Å². The van der Waals surface area contributed by atoms with Gasteiger partial charge in [0.05, 0.1) is 12.2 Å². The highest BCUT2D eigenvalue weighted by Gasteiger charge is 2.03. The van der Waals surface area contributed by atoms with Crippen LogP contribution in [0.3, 0.4) is 0 Å². The van der Waals surface area contributed by atoms with Gasteiger partial charge in [0.25, 0.3) is 0 Å². The highest BCUT2D eigenvalue weighted by molar-refractivity contribution is 9.10. The van der Waals surface area contributed by atoms with E-state index in [0.717, 1.165) is 23.6 Å². The normalized spacial score (nSPS) is 10.5. The van der Waals surface area contributed by atoms with Crippen LogP contribution < -0.4 is 4.74 Å². The molecule has 88 valence electrons. The molecule has 1 aromatic carbocycles. The number of hydrogen-bond acceptors (Lipinski definition) is 2. The van der Waals surface area contributed by atoms with Crippen LogP contribution in [0.1, 0.15) is 37.0 Å². The molecular formula is C13H17BrO2. The number of carbonyl (C=O) groups excluding carboxylic acids is 1. The van der Waals surface area contributed by atoms with Crippen molar-refractivity contribution in [1.29, 1.82) is 0 Å². The quantitative estimate of drug-likeness (QED) is 0.581. The lowest BCUT2D eigenvalue weighted by molar-refractivity contribution is 0.111. The Morgan fingerprint density at radius 3 is 2.81 bits per heavy atom. The molecule has 0 heterocycles. The minimum Gasteiger partial charge on any atom is -0.493 e. The summed E-state index contributed by atoms with van der Waals surface area (Å²) in [6.45, 7) is 5.05. The zero-order valence-electron chi connectivity index (χ0n) is 9.70. The fourth-order valence-electron chi connectivity index (χ4n) is 1.42. The number of aldehydes is 1. The van der Waals surface area contributed by atoms with Crippen molar-refractivity contribution in [2.45, 2.75) is 26.7 Å². The minimum atomic E-state index is 0.596. The molecule has 2 nitrogen and oxygen atoms in total. The molecule has 0 aliphatic carbocycles. The number of ether oxygens (including phenoxy) is 1. The van der Waals surface area contributed by atoms with Crippen molar-refractivity contribution in [2.24, 2.45) is 5.92 Å². The first kappa shape index (κ1) is 13.2. The SMILES string of the molecule is CC(C)CCCOc1ccc(Br)cc1C=O. The molecule has 16 heavy (non-hydrogen) atoms. The molecule has 0 amide bonds. The summed E-state index contributed by atoms with van der Waals surface area (Å²) in [7, 11) is 0. The van der Waals surface area contributed by atoms with Crippen molar-refractivity contribution in [2.75, 3.05) is 6.61 Å². The number of carbonyl (C=O) groups is 1. The molecule has 0 saturated heterocycles. The third-order valence-corrected chi connectivity index (χ3v) is 2.78. The number of halogens is 1. The Morgan fingerprint density at radius 2 is 2.19 bits per heavy atom. The predicted octanol–water partition coefficient (Wildman–Crippen LogP) is 4.08. The second kappa shape index (κ2) is 6.69. The minimum absolute atomic E-state index is 0.596. The highest BCUT2D eigenvalue weighted by Crippen LogP contribution is 2.22. The van der Waals surface area contributed by atoms with E-state index < -0.39 is 0 Å². The molecule has 1 rings (SSSR count). The Morgan fingerprint density at radius 1 is 1.44 bits per heavy atom. The van der Waals surface area contributed by atoms with Crippen LogP contribution in [0.15, 0.2) is 22.7 Å². The van der Waals surface area contributed by atoms with Gasteiger partial charge in [0, 0.05) is 4.47 Å². The number of rotatable bonds is 6.